The molecule has 10 nitrogen and oxygen atoms in total. The van der Waals surface area contributed by atoms with E-state index in [0.29, 0.717) is 5.69 Å². The number of nitrogens with zero attached hydrogens (tertiary/aromatic N) is 1. The van der Waals surface area contributed by atoms with Gasteiger partial charge in [0.25, 0.3) is 5.69 Å². The lowest BCUT2D eigenvalue weighted by atomic mass is 9.83. The van der Waals surface area contributed by atoms with Gasteiger partial charge >= 0.3 is 11.9 Å². The van der Waals surface area contributed by atoms with Crippen LogP contribution in [0.15, 0.2) is 30.3 Å². The van der Waals surface area contributed by atoms with Crippen molar-refractivity contribution in [2.45, 2.75) is 26.2 Å². The van der Waals surface area contributed by atoms with Crippen LogP contribution < -0.4 is 15.2 Å². The van der Waals surface area contributed by atoms with Crippen molar-refractivity contribution < 1.29 is 34.2 Å². The van der Waals surface area contributed by atoms with Crippen molar-refractivity contribution in [3.63, 3.8) is 0 Å². The summed E-state index contributed by atoms with van der Waals surface area (Å²) in [4.78, 5) is 32.1. The first-order valence-electron chi connectivity index (χ1n) is 8.61. The van der Waals surface area contributed by atoms with Gasteiger partial charge in [-0.15, -0.1) is 0 Å². The Morgan fingerprint density at radius 2 is 1.53 bits per heavy atom. The Bertz CT molecular complexity index is 964. The predicted octanol–water partition coefficient (Wildman–Crippen LogP) is 3.57. The van der Waals surface area contributed by atoms with Gasteiger partial charge in [0.05, 0.1) is 24.7 Å². The van der Waals surface area contributed by atoms with Crippen LogP contribution in [0.1, 0.15) is 47.1 Å². The second-order valence-corrected chi connectivity index (χ2v) is 7.12. The quantitative estimate of drug-likeness (QED) is 0.373. The zero-order valence-corrected chi connectivity index (χ0v) is 17.3. The molecule has 0 radical (unpaired) electrons. The van der Waals surface area contributed by atoms with Crippen LogP contribution >= 0.6 is 0 Å². The molecule has 10 heteroatoms. The Kier molecular flexibility index (Phi) is 7.74. The summed E-state index contributed by atoms with van der Waals surface area (Å²) in [5.41, 5.74) is 5.51. The SMILES string of the molecule is COc1c(C(=O)O)ccc([N+](=O)[O-])c1C(C)(C)C.COc1cc(N)ccc1C(=O)O. The van der Waals surface area contributed by atoms with E-state index in [2.05, 4.69) is 0 Å². The standard InChI is InChI=1S/C12H15NO5.C8H9NO3/c1-12(2,3)9-8(13(16)17)6-5-7(11(14)15)10(9)18-4;1-12-7-4-5(9)2-3-6(7)8(10)11/h5-6H,1-4H3,(H,14,15);2-4H,9H2,1H3,(H,10,11). The van der Waals surface area contributed by atoms with Crippen LogP contribution in [-0.2, 0) is 5.41 Å². The second kappa shape index (κ2) is 9.59. The number of ether oxygens (including phenoxy) is 2. The van der Waals surface area contributed by atoms with Crippen LogP contribution in [0.25, 0.3) is 0 Å². The molecule has 162 valence electrons. The van der Waals surface area contributed by atoms with Gasteiger partial charge in [0.15, 0.2) is 0 Å². The molecule has 0 aliphatic heterocycles. The lowest BCUT2D eigenvalue weighted by molar-refractivity contribution is -0.386. The Balaban J connectivity index is 0.000000325. The molecule has 0 saturated carbocycles. The summed E-state index contributed by atoms with van der Waals surface area (Å²) in [6.45, 7) is 5.30. The monoisotopic (exact) mass is 420 g/mol. The first-order valence-corrected chi connectivity index (χ1v) is 8.61. The molecule has 2 aromatic carbocycles. The topological polar surface area (TPSA) is 162 Å². The highest BCUT2D eigenvalue weighted by Crippen LogP contribution is 2.40. The van der Waals surface area contributed by atoms with E-state index < -0.39 is 22.3 Å². The number of carbonyl (C=O) groups is 2. The average molecular weight is 420 g/mol. The summed E-state index contributed by atoms with van der Waals surface area (Å²) in [6.07, 6.45) is 0. The fourth-order valence-electron chi connectivity index (χ4n) is 2.71. The molecule has 0 heterocycles. The first kappa shape index (κ1) is 24.2. The van der Waals surface area contributed by atoms with Crippen LogP contribution in [-0.4, -0.2) is 41.3 Å². The molecule has 2 rings (SSSR count). The van der Waals surface area contributed by atoms with E-state index >= 15 is 0 Å². The van der Waals surface area contributed by atoms with Crippen molar-refractivity contribution in [2.75, 3.05) is 20.0 Å². The highest BCUT2D eigenvalue weighted by atomic mass is 16.6. The van der Waals surface area contributed by atoms with Gasteiger partial charge in [0.1, 0.15) is 22.6 Å². The Morgan fingerprint density at radius 1 is 1.00 bits per heavy atom. The lowest BCUT2D eigenvalue weighted by Gasteiger charge is -2.22. The molecular formula is C20H24N2O8. The number of benzene rings is 2. The molecule has 0 bridgehead atoms. The minimum Gasteiger partial charge on any atom is -0.496 e. The predicted molar refractivity (Wildman–Crippen MR) is 110 cm³/mol. The zero-order valence-electron chi connectivity index (χ0n) is 17.3. The maximum Gasteiger partial charge on any atom is 0.339 e. The largest absolute Gasteiger partial charge is 0.496 e. The van der Waals surface area contributed by atoms with E-state index in [1.165, 1.54) is 44.6 Å². The summed E-state index contributed by atoms with van der Waals surface area (Å²) in [6, 6.07) is 6.80. The van der Waals surface area contributed by atoms with E-state index in [9.17, 15) is 19.7 Å². The Hall–Kier alpha value is -3.82. The molecular weight excluding hydrogens is 396 g/mol. The molecule has 30 heavy (non-hydrogen) atoms. The van der Waals surface area contributed by atoms with Crippen molar-refractivity contribution in [3.05, 3.63) is 57.1 Å². The van der Waals surface area contributed by atoms with Crippen LogP contribution in [0.2, 0.25) is 0 Å². The molecule has 0 fully saturated rings. The number of nitro benzene ring substituents is 1. The number of rotatable bonds is 5. The smallest absolute Gasteiger partial charge is 0.339 e. The normalized spacial score (nSPS) is 10.4. The molecule has 4 N–H and O–H groups in total. The number of carboxylic acid groups (broad SMARTS) is 2. The molecule has 2 aromatic rings. The Labute approximate surface area is 173 Å². The highest BCUT2D eigenvalue weighted by Gasteiger charge is 2.32. The number of carboxylic acids is 2. The first-order chi connectivity index (χ1) is 13.8. The van der Waals surface area contributed by atoms with Crippen LogP contribution in [0.4, 0.5) is 11.4 Å². The maximum atomic E-state index is 11.1. The molecule has 0 aliphatic carbocycles. The minimum absolute atomic E-state index is 0.0456. The van der Waals surface area contributed by atoms with Crippen LogP contribution in [0.3, 0.4) is 0 Å². The maximum absolute atomic E-state index is 11.1. The van der Waals surface area contributed by atoms with E-state index in [-0.39, 0.29) is 33.9 Å². The van der Waals surface area contributed by atoms with Crippen molar-refractivity contribution in [1.29, 1.82) is 0 Å². The van der Waals surface area contributed by atoms with Crippen molar-refractivity contribution in [2.24, 2.45) is 0 Å². The van der Waals surface area contributed by atoms with E-state index in [1.807, 2.05) is 0 Å². The number of hydrogen-bond donors (Lipinski definition) is 3. The highest BCUT2D eigenvalue weighted by molar-refractivity contribution is 5.92. The fraction of sp³-hybridized carbons (Fsp3) is 0.300. The van der Waals surface area contributed by atoms with E-state index in [1.54, 1.807) is 20.8 Å². The van der Waals surface area contributed by atoms with Gasteiger partial charge in [-0.2, -0.15) is 0 Å². The summed E-state index contributed by atoms with van der Waals surface area (Å²) >= 11 is 0. The van der Waals surface area contributed by atoms with Crippen molar-refractivity contribution >= 4 is 23.3 Å². The van der Waals surface area contributed by atoms with Crippen LogP contribution in [0, 0.1) is 10.1 Å². The summed E-state index contributed by atoms with van der Waals surface area (Å²) in [5.74, 6) is -1.87. The number of hydrogen-bond acceptors (Lipinski definition) is 7. The Morgan fingerprint density at radius 3 is 1.93 bits per heavy atom. The fourth-order valence-corrected chi connectivity index (χ4v) is 2.71. The van der Waals surface area contributed by atoms with Gasteiger partial charge in [-0.25, -0.2) is 9.59 Å². The van der Waals surface area contributed by atoms with Crippen molar-refractivity contribution in [1.82, 2.24) is 0 Å². The number of nitrogens with two attached hydrogens (primary N) is 1. The van der Waals surface area contributed by atoms with E-state index in [0.717, 1.165) is 0 Å². The summed E-state index contributed by atoms with van der Waals surface area (Å²) in [7, 11) is 2.71. The van der Waals surface area contributed by atoms with Gasteiger partial charge in [0.2, 0.25) is 0 Å². The molecule has 0 unspecified atom stereocenters. The second-order valence-electron chi connectivity index (χ2n) is 7.12. The van der Waals surface area contributed by atoms with Gasteiger partial charge in [-0.1, -0.05) is 20.8 Å². The van der Waals surface area contributed by atoms with Gasteiger partial charge in [-0.05, 0) is 23.6 Å². The number of anilines is 1. The third-order valence-electron chi connectivity index (χ3n) is 3.97. The molecule has 0 spiro atoms. The molecule has 0 amide bonds. The van der Waals surface area contributed by atoms with Crippen molar-refractivity contribution in [3.8, 4) is 11.5 Å². The average Bonchev–Trinajstić information content (AvgIpc) is 2.65. The summed E-state index contributed by atoms with van der Waals surface area (Å²) in [5, 5.41) is 28.8. The van der Waals surface area contributed by atoms with Gasteiger partial charge in [-0.3, -0.25) is 10.1 Å². The number of aromatic carboxylic acids is 2. The van der Waals surface area contributed by atoms with Gasteiger partial charge < -0.3 is 25.4 Å². The summed E-state index contributed by atoms with van der Waals surface area (Å²) < 4.78 is 9.90. The van der Waals surface area contributed by atoms with Crippen LogP contribution in [0.5, 0.6) is 11.5 Å². The molecule has 0 aliphatic rings. The molecule has 0 atom stereocenters. The van der Waals surface area contributed by atoms with Gasteiger partial charge in [0, 0.05) is 17.8 Å². The third kappa shape index (κ3) is 5.60. The molecule has 0 aromatic heterocycles. The third-order valence-corrected chi connectivity index (χ3v) is 3.97. The number of methoxy groups -OCH3 is 2. The zero-order chi connectivity index (χ0) is 23.2. The lowest BCUT2D eigenvalue weighted by Crippen LogP contribution is -2.17. The number of nitro groups is 1. The molecule has 0 saturated heterocycles. The number of nitrogen functional groups attached to an aromatic ring is 1. The minimum atomic E-state index is -1.17. The van der Waals surface area contributed by atoms with E-state index in [4.69, 9.17) is 25.4 Å².